The molecule has 4 rings (SSSR count). The average molecular weight is 296 g/mol. The molecule has 2 bridgehead atoms. The Morgan fingerprint density at radius 1 is 1.09 bits per heavy atom. The maximum absolute atomic E-state index is 12.7. The molecule has 1 saturated heterocycles. The second kappa shape index (κ2) is 4.53. The Morgan fingerprint density at radius 3 is 2.14 bits per heavy atom. The van der Waals surface area contributed by atoms with Crippen LogP contribution in [0.15, 0.2) is 41.6 Å². The van der Waals surface area contributed by atoms with Gasteiger partial charge in [0.15, 0.2) is 0 Å². The Bertz CT molecular complexity index is 690. The first kappa shape index (κ1) is 13.2. The molecule has 4 atom stereocenters. The van der Waals surface area contributed by atoms with Gasteiger partial charge in [-0.05, 0) is 42.9 Å². The maximum Gasteiger partial charge on any atom is 0.238 e. The molecule has 0 radical (unpaired) electrons. The standard InChI is InChI=1S/C17H16N2O3/c1-9(18-22)10-4-6-13(7-5-10)19-16(20)14-11-2-3-12(8-11)15(14)17(19)21/h2-7,11-12,14-15,22H,8H2,1H3/b18-9+/t11-,12-,14-,15+/m0/s1. The molecule has 3 aliphatic rings. The lowest BCUT2D eigenvalue weighted by molar-refractivity contribution is -0.123. The fourth-order valence-electron chi connectivity index (χ4n) is 4.07. The summed E-state index contributed by atoms with van der Waals surface area (Å²) in [6, 6.07) is 6.98. The predicted molar refractivity (Wildman–Crippen MR) is 80.6 cm³/mol. The van der Waals surface area contributed by atoms with E-state index in [0.29, 0.717) is 11.4 Å². The molecule has 0 unspecified atom stereocenters. The van der Waals surface area contributed by atoms with E-state index < -0.39 is 0 Å². The summed E-state index contributed by atoms with van der Waals surface area (Å²) in [6.45, 7) is 1.69. The average Bonchev–Trinajstić information content (AvgIpc) is 3.21. The molecule has 1 N–H and O–H groups in total. The van der Waals surface area contributed by atoms with Crippen molar-refractivity contribution in [3.63, 3.8) is 0 Å². The van der Waals surface area contributed by atoms with Crippen LogP contribution in [0, 0.1) is 23.7 Å². The van der Waals surface area contributed by atoms with Gasteiger partial charge in [-0.25, -0.2) is 0 Å². The van der Waals surface area contributed by atoms with Gasteiger partial charge in [-0.2, -0.15) is 0 Å². The van der Waals surface area contributed by atoms with Crippen LogP contribution in [0.1, 0.15) is 18.9 Å². The number of hydrogen-bond acceptors (Lipinski definition) is 4. The van der Waals surface area contributed by atoms with Gasteiger partial charge >= 0.3 is 0 Å². The van der Waals surface area contributed by atoms with E-state index in [1.54, 1.807) is 31.2 Å². The van der Waals surface area contributed by atoms with Crippen LogP contribution in [0.5, 0.6) is 0 Å². The third-order valence-electron chi connectivity index (χ3n) is 5.16. The van der Waals surface area contributed by atoms with Gasteiger partial charge in [0.05, 0.1) is 23.2 Å². The summed E-state index contributed by atoms with van der Waals surface area (Å²) in [4.78, 5) is 26.7. The van der Waals surface area contributed by atoms with Crippen molar-refractivity contribution in [2.75, 3.05) is 4.90 Å². The Balaban J connectivity index is 1.67. The largest absolute Gasteiger partial charge is 0.411 e. The Kier molecular flexibility index (Phi) is 2.73. The molecule has 1 aromatic rings. The third-order valence-corrected chi connectivity index (χ3v) is 5.16. The van der Waals surface area contributed by atoms with Crippen molar-refractivity contribution in [3.8, 4) is 0 Å². The zero-order chi connectivity index (χ0) is 15.4. The van der Waals surface area contributed by atoms with Crippen molar-refractivity contribution in [2.24, 2.45) is 28.8 Å². The molecule has 0 aromatic heterocycles. The number of carbonyl (C=O) groups excluding carboxylic acids is 2. The number of nitrogens with zero attached hydrogens (tertiary/aromatic N) is 2. The molecule has 1 aliphatic heterocycles. The van der Waals surface area contributed by atoms with Gasteiger partial charge in [0.25, 0.3) is 0 Å². The number of benzene rings is 1. The van der Waals surface area contributed by atoms with E-state index in [-0.39, 0.29) is 35.5 Å². The van der Waals surface area contributed by atoms with Crippen LogP contribution >= 0.6 is 0 Å². The predicted octanol–water partition coefficient (Wildman–Crippen LogP) is 2.20. The number of oxime groups is 1. The summed E-state index contributed by atoms with van der Waals surface area (Å²) in [5.41, 5.74) is 1.84. The van der Waals surface area contributed by atoms with Gasteiger partial charge in [0, 0.05) is 0 Å². The van der Waals surface area contributed by atoms with Gasteiger partial charge in [0.2, 0.25) is 11.8 Å². The first-order valence-electron chi connectivity index (χ1n) is 7.47. The summed E-state index contributed by atoms with van der Waals surface area (Å²) >= 11 is 0. The van der Waals surface area contributed by atoms with E-state index in [0.717, 1.165) is 12.0 Å². The molecular formula is C17H16N2O3. The van der Waals surface area contributed by atoms with Crippen molar-refractivity contribution in [1.29, 1.82) is 0 Å². The molecule has 22 heavy (non-hydrogen) atoms. The van der Waals surface area contributed by atoms with Gasteiger partial charge in [0.1, 0.15) is 0 Å². The molecule has 0 spiro atoms. The van der Waals surface area contributed by atoms with E-state index in [2.05, 4.69) is 17.3 Å². The topological polar surface area (TPSA) is 70.0 Å². The van der Waals surface area contributed by atoms with Crippen molar-refractivity contribution >= 4 is 23.2 Å². The lowest BCUT2D eigenvalue weighted by Gasteiger charge is -2.17. The van der Waals surface area contributed by atoms with Gasteiger partial charge in [-0.15, -0.1) is 0 Å². The first-order valence-corrected chi connectivity index (χ1v) is 7.47. The van der Waals surface area contributed by atoms with Gasteiger partial charge < -0.3 is 5.21 Å². The highest BCUT2D eigenvalue weighted by atomic mass is 16.4. The first-order chi connectivity index (χ1) is 10.6. The second-order valence-corrected chi connectivity index (χ2v) is 6.24. The second-order valence-electron chi connectivity index (χ2n) is 6.24. The van der Waals surface area contributed by atoms with Crippen molar-refractivity contribution in [3.05, 3.63) is 42.0 Å². The lowest BCUT2D eigenvalue weighted by atomic mass is 9.85. The molecule has 2 aliphatic carbocycles. The number of rotatable bonds is 2. The fourth-order valence-corrected chi connectivity index (χ4v) is 4.07. The Labute approximate surface area is 127 Å². The van der Waals surface area contributed by atoms with Crippen LogP contribution in [-0.2, 0) is 9.59 Å². The van der Waals surface area contributed by atoms with E-state index in [9.17, 15) is 9.59 Å². The summed E-state index contributed by atoms with van der Waals surface area (Å²) in [5.74, 6) is -0.0656. The zero-order valence-electron chi connectivity index (χ0n) is 12.1. The molecule has 1 heterocycles. The molecule has 5 nitrogen and oxygen atoms in total. The van der Waals surface area contributed by atoms with E-state index in [1.807, 2.05) is 0 Å². The van der Waals surface area contributed by atoms with E-state index in [1.165, 1.54) is 4.90 Å². The van der Waals surface area contributed by atoms with E-state index >= 15 is 0 Å². The fraction of sp³-hybridized carbons (Fsp3) is 0.353. The van der Waals surface area contributed by atoms with Crippen LogP contribution < -0.4 is 4.90 Å². The molecule has 2 amide bonds. The lowest BCUT2D eigenvalue weighted by Crippen LogP contribution is -2.32. The third kappa shape index (κ3) is 1.62. The summed E-state index contributed by atoms with van der Waals surface area (Å²) in [7, 11) is 0. The summed E-state index contributed by atoms with van der Waals surface area (Å²) < 4.78 is 0. The van der Waals surface area contributed by atoms with Crippen LogP contribution in [-0.4, -0.2) is 22.7 Å². The smallest absolute Gasteiger partial charge is 0.238 e. The number of allylic oxidation sites excluding steroid dienone is 2. The van der Waals surface area contributed by atoms with E-state index in [4.69, 9.17) is 5.21 Å². The minimum absolute atomic E-state index is 0.0767. The van der Waals surface area contributed by atoms with Gasteiger partial charge in [-0.1, -0.05) is 29.4 Å². The molecule has 1 saturated carbocycles. The van der Waals surface area contributed by atoms with Crippen molar-refractivity contribution in [2.45, 2.75) is 13.3 Å². The minimum Gasteiger partial charge on any atom is -0.411 e. The molecule has 112 valence electrons. The highest BCUT2D eigenvalue weighted by Gasteiger charge is 2.59. The zero-order valence-corrected chi connectivity index (χ0v) is 12.1. The normalized spacial score (nSPS) is 33.0. The summed E-state index contributed by atoms with van der Waals surface area (Å²) in [6.07, 6.45) is 5.11. The number of imide groups is 1. The number of anilines is 1. The molecule has 5 heteroatoms. The van der Waals surface area contributed by atoms with Crippen LogP contribution in [0.25, 0.3) is 0 Å². The SMILES string of the molecule is C/C(=N\O)c1ccc(N2C(=O)[C@@H]3[C@H](C2=O)[C@H]2C=C[C@H]3C2)cc1. The molecule has 1 aromatic carbocycles. The highest BCUT2D eigenvalue weighted by molar-refractivity contribution is 6.22. The highest BCUT2D eigenvalue weighted by Crippen LogP contribution is 2.53. The quantitative estimate of drug-likeness (QED) is 0.299. The molecular weight excluding hydrogens is 280 g/mol. The monoisotopic (exact) mass is 296 g/mol. The van der Waals surface area contributed by atoms with Gasteiger partial charge in [-0.3, -0.25) is 14.5 Å². The minimum atomic E-state index is -0.178. The van der Waals surface area contributed by atoms with Crippen LogP contribution in [0.2, 0.25) is 0 Å². The Morgan fingerprint density at radius 2 is 1.64 bits per heavy atom. The van der Waals surface area contributed by atoms with Crippen molar-refractivity contribution in [1.82, 2.24) is 0 Å². The molecule has 2 fully saturated rings. The number of amides is 2. The van der Waals surface area contributed by atoms with Crippen LogP contribution in [0.4, 0.5) is 5.69 Å². The summed E-state index contributed by atoms with van der Waals surface area (Å²) in [5, 5.41) is 11.9. The maximum atomic E-state index is 12.7. The number of hydrogen-bond donors (Lipinski definition) is 1. The number of carbonyl (C=O) groups is 2. The Hall–Kier alpha value is -2.43. The van der Waals surface area contributed by atoms with Crippen LogP contribution in [0.3, 0.4) is 0 Å². The number of fused-ring (bicyclic) bond motifs is 5. The van der Waals surface area contributed by atoms with Crippen molar-refractivity contribution < 1.29 is 14.8 Å².